The van der Waals surface area contributed by atoms with Crippen LogP contribution in [0.2, 0.25) is 0 Å². The minimum atomic E-state index is -0.149. The third kappa shape index (κ3) is 2.87. The van der Waals surface area contributed by atoms with Crippen molar-refractivity contribution in [3.05, 3.63) is 47.0 Å². The Morgan fingerprint density at radius 1 is 1.41 bits per heavy atom. The van der Waals surface area contributed by atoms with Crippen LogP contribution in [-0.2, 0) is 7.05 Å². The zero-order valence-corrected chi connectivity index (χ0v) is 11.1. The Morgan fingerprint density at radius 2 is 2.12 bits per heavy atom. The minimum absolute atomic E-state index is 0.0234. The molecule has 0 saturated heterocycles. The standard InChI is InChI=1S/C12H14BrN3O/c1-16-8-14-6-12(16)11(7-17)15-10-4-2-9(13)3-5-10/h2-6,8,11,15,17H,7H2,1H3. The predicted molar refractivity (Wildman–Crippen MR) is 70.8 cm³/mol. The number of imidazole rings is 1. The molecule has 0 aliphatic rings. The molecule has 0 radical (unpaired) electrons. The van der Waals surface area contributed by atoms with Crippen molar-refractivity contribution in [2.24, 2.45) is 7.05 Å². The van der Waals surface area contributed by atoms with Crippen LogP contribution in [0, 0.1) is 0 Å². The Hall–Kier alpha value is -1.33. The summed E-state index contributed by atoms with van der Waals surface area (Å²) in [6.45, 7) is 0.0234. The molecule has 2 aromatic rings. The highest BCUT2D eigenvalue weighted by Gasteiger charge is 2.13. The van der Waals surface area contributed by atoms with E-state index in [9.17, 15) is 5.11 Å². The highest BCUT2D eigenvalue weighted by Crippen LogP contribution is 2.20. The first-order chi connectivity index (χ1) is 8.20. The van der Waals surface area contributed by atoms with Gasteiger partial charge in [-0.2, -0.15) is 0 Å². The van der Waals surface area contributed by atoms with E-state index in [1.54, 1.807) is 12.5 Å². The Morgan fingerprint density at radius 3 is 2.65 bits per heavy atom. The molecule has 1 aromatic carbocycles. The second-order valence-corrected chi connectivity index (χ2v) is 4.73. The van der Waals surface area contributed by atoms with Gasteiger partial charge in [0.2, 0.25) is 0 Å². The highest BCUT2D eigenvalue weighted by atomic mass is 79.9. The van der Waals surface area contributed by atoms with E-state index in [1.165, 1.54) is 0 Å². The van der Waals surface area contributed by atoms with Gasteiger partial charge in [-0.1, -0.05) is 15.9 Å². The van der Waals surface area contributed by atoms with Gasteiger partial charge in [-0.3, -0.25) is 0 Å². The molecule has 2 N–H and O–H groups in total. The molecule has 90 valence electrons. The second kappa shape index (κ2) is 5.33. The van der Waals surface area contributed by atoms with E-state index in [0.29, 0.717) is 0 Å². The zero-order valence-electron chi connectivity index (χ0n) is 9.47. The number of nitrogens with zero attached hydrogens (tertiary/aromatic N) is 2. The number of hydrogen-bond acceptors (Lipinski definition) is 3. The van der Waals surface area contributed by atoms with Gasteiger partial charge in [0.25, 0.3) is 0 Å². The maximum Gasteiger partial charge on any atom is 0.0946 e. The van der Waals surface area contributed by atoms with Gasteiger partial charge in [-0.25, -0.2) is 4.98 Å². The van der Waals surface area contributed by atoms with E-state index in [4.69, 9.17) is 0 Å². The summed E-state index contributed by atoms with van der Waals surface area (Å²) in [5, 5.41) is 12.7. The number of rotatable bonds is 4. The van der Waals surface area contributed by atoms with Gasteiger partial charge in [0.15, 0.2) is 0 Å². The number of hydrogen-bond donors (Lipinski definition) is 2. The number of benzene rings is 1. The monoisotopic (exact) mass is 295 g/mol. The van der Waals surface area contributed by atoms with Gasteiger partial charge in [0, 0.05) is 17.2 Å². The largest absolute Gasteiger partial charge is 0.394 e. The summed E-state index contributed by atoms with van der Waals surface area (Å²) in [6.07, 6.45) is 3.48. The van der Waals surface area contributed by atoms with Gasteiger partial charge in [-0.15, -0.1) is 0 Å². The van der Waals surface area contributed by atoms with Gasteiger partial charge in [-0.05, 0) is 24.3 Å². The SMILES string of the molecule is Cn1cncc1C(CO)Nc1ccc(Br)cc1. The average molecular weight is 296 g/mol. The lowest BCUT2D eigenvalue weighted by Crippen LogP contribution is -2.17. The quantitative estimate of drug-likeness (QED) is 0.910. The maximum absolute atomic E-state index is 9.43. The molecular formula is C12H14BrN3O. The van der Waals surface area contributed by atoms with Crippen molar-refractivity contribution in [2.75, 3.05) is 11.9 Å². The summed E-state index contributed by atoms with van der Waals surface area (Å²) in [4.78, 5) is 4.05. The number of aliphatic hydroxyl groups excluding tert-OH is 1. The van der Waals surface area contributed by atoms with E-state index in [0.717, 1.165) is 15.9 Å². The van der Waals surface area contributed by atoms with Crippen molar-refractivity contribution >= 4 is 21.6 Å². The molecule has 2 rings (SSSR count). The van der Waals surface area contributed by atoms with Crippen LogP contribution in [-0.4, -0.2) is 21.3 Å². The molecule has 17 heavy (non-hydrogen) atoms. The molecule has 5 heteroatoms. The fraction of sp³-hybridized carbons (Fsp3) is 0.250. The fourth-order valence-corrected chi connectivity index (χ4v) is 1.93. The number of aliphatic hydroxyl groups is 1. The number of anilines is 1. The molecule has 0 aliphatic carbocycles. The van der Waals surface area contributed by atoms with Crippen LogP contribution < -0.4 is 5.32 Å². The lowest BCUT2D eigenvalue weighted by atomic mass is 10.2. The van der Waals surface area contributed by atoms with Crippen molar-refractivity contribution in [2.45, 2.75) is 6.04 Å². The lowest BCUT2D eigenvalue weighted by molar-refractivity contribution is 0.272. The van der Waals surface area contributed by atoms with Crippen LogP contribution in [0.4, 0.5) is 5.69 Å². The highest BCUT2D eigenvalue weighted by molar-refractivity contribution is 9.10. The summed E-state index contributed by atoms with van der Waals surface area (Å²) in [6, 6.07) is 7.69. The first kappa shape index (κ1) is 12.1. The second-order valence-electron chi connectivity index (χ2n) is 3.82. The molecule has 1 atom stereocenters. The number of aromatic nitrogens is 2. The number of nitrogens with one attached hydrogen (secondary N) is 1. The van der Waals surface area contributed by atoms with E-state index < -0.39 is 0 Å². The van der Waals surface area contributed by atoms with Gasteiger partial charge >= 0.3 is 0 Å². The third-order valence-electron chi connectivity index (χ3n) is 2.58. The molecule has 0 fully saturated rings. The fourth-order valence-electron chi connectivity index (χ4n) is 1.66. The van der Waals surface area contributed by atoms with Crippen LogP contribution in [0.5, 0.6) is 0 Å². The first-order valence-corrected chi connectivity index (χ1v) is 6.09. The van der Waals surface area contributed by atoms with Crippen LogP contribution in [0.25, 0.3) is 0 Å². The topological polar surface area (TPSA) is 50.1 Å². The maximum atomic E-state index is 9.43. The third-order valence-corrected chi connectivity index (χ3v) is 3.11. The van der Waals surface area contributed by atoms with Crippen molar-refractivity contribution in [3.63, 3.8) is 0 Å². The smallest absolute Gasteiger partial charge is 0.0946 e. The molecule has 1 heterocycles. The van der Waals surface area contributed by atoms with E-state index in [2.05, 4.69) is 26.2 Å². The Bertz CT molecular complexity index is 481. The zero-order chi connectivity index (χ0) is 12.3. The van der Waals surface area contributed by atoms with E-state index in [-0.39, 0.29) is 12.6 Å². The molecule has 1 unspecified atom stereocenters. The molecule has 0 aliphatic heterocycles. The van der Waals surface area contributed by atoms with Gasteiger partial charge in [0.1, 0.15) is 0 Å². The van der Waals surface area contributed by atoms with Crippen molar-refractivity contribution < 1.29 is 5.11 Å². The molecule has 0 spiro atoms. The average Bonchev–Trinajstić information content (AvgIpc) is 2.75. The number of aryl methyl sites for hydroxylation is 1. The summed E-state index contributed by atoms with van der Waals surface area (Å²) in [5.74, 6) is 0. The normalized spacial score (nSPS) is 12.4. The van der Waals surface area contributed by atoms with Crippen LogP contribution in [0.15, 0.2) is 41.3 Å². The molecule has 1 aromatic heterocycles. The minimum Gasteiger partial charge on any atom is -0.394 e. The van der Waals surface area contributed by atoms with Crippen LogP contribution >= 0.6 is 15.9 Å². The summed E-state index contributed by atoms with van der Waals surface area (Å²) in [7, 11) is 1.91. The van der Waals surface area contributed by atoms with Crippen molar-refractivity contribution in [1.29, 1.82) is 0 Å². The Kier molecular flexibility index (Phi) is 3.81. The summed E-state index contributed by atoms with van der Waals surface area (Å²) in [5.41, 5.74) is 1.92. The predicted octanol–water partition coefficient (Wildman–Crippen LogP) is 2.33. The van der Waals surface area contributed by atoms with Gasteiger partial charge in [0.05, 0.1) is 30.9 Å². The molecule has 0 saturated carbocycles. The van der Waals surface area contributed by atoms with E-state index >= 15 is 0 Å². The molecule has 0 amide bonds. The Balaban J connectivity index is 2.16. The van der Waals surface area contributed by atoms with E-state index in [1.807, 2.05) is 35.9 Å². The van der Waals surface area contributed by atoms with Gasteiger partial charge < -0.3 is 15.0 Å². The molecular weight excluding hydrogens is 282 g/mol. The summed E-state index contributed by atoms with van der Waals surface area (Å²) >= 11 is 3.39. The molecule has 0 bridgehead atoms. The molecule has 4 nitrogen and oxygen atoms in total. The Labute approximate surface area is 108 Å². The lowest BCUT2D eigenvalue weighted by Gasteiger charge is -2.18. The van der Waals surface area contributed by atoms with Crippen molar-refractivity contribution in [1.82, 2.24) is 9.55 Å². The first-order valence-electron chi connectivity index (χ1n) is 5.30. The van der Waals surface area contributed by atoms with Crippen LogP contribution in [0.3, 0.4) is 0 Å². The van der Waals surface area contributed by atoms with Crippen LogP contribution in [0.1, 0.15) is 11.7 Å². The number of halogens is 1. The van der Waals surface area contributed by atoms with Crippen molar-refractivity contribution in [3.8, 4) is 0 Å². The summed E-state index contributed by atoms with van der Waals surface area (Å²) < 4.78 is 2.93.